The van der Waals surface area contributed by atoms with E-state index in [2.05, 4.69) is 15.3 Å². The Bertz CT molecular complexity index is 681. The van der Waals surface area contributed by atoms with Crippen LogP contribution in [0.15, 0.2) is 30.5 Å². The topological polar surface area (TPSA) is 58.1 Å². The molecule has 1 N–H and O–H groups in total. The minimum Gasteiger partial charge on any atom is -0.337 e. The van der Waals surface area contributed by atoms with Crippen LogP contribution in [0.4, 0.5) is 11.6 Å². The van der Waals surface area contributed by atoms with Crippen LogP contribution < -0.4 is 5.32 Å². The van der Waals surface area contributed by atoms with E-state index in [1.54, 1.807) is 35.4 Å². The van der Waals surface area contributed by atoms with Gasteiger partial charge in [-0.25, -0.2) is 9.97 Å². The minimum absolute atomic E-state index is 0.0757. The molecule has 114 valence electrons. The molecule has 1 saturated heterocycles. The summed E-state index contributed by atoms with van der Waals surface area (Å²) in [7, 11) is 0. The van der Waals surface area contributed by atoms with Crippen molar-refractivity contribution in [3.8, 4) is 0 Å². The number of carbonyl (C=O) groups excluding carboxylic acids is 1. The normalized spacial score (nSPS) is 14.2. The summed E-state index contributed by atoms with van der Waals surface area (Å²) in [4.78, 5) is 22.5. The lowest BCUT2D eigenvalue weighted by molar-refractivity contribution is 0.0787. The van der Waals surface area contributed by atoms with Crippen molar-refractivity contribution in [3.05, 3.63) is 46.2 Å². The number of amides is 1. The van der Waals surface area contributed by atoms with Gasteiger partial charge in [-0.3, -0.25) is 4.79 Å². The van der Waals surface area contributed by atoms with Crippen molar-refractivity contribution in [1.82, 2.24) is 14.9 Å². The fraction of sp³-hybridized carbons (Fsp3) is 0.267. The first-order valence-electron chi connectivity index (χ1n) is 6.98. The largest absolute Gasteiger partial charge is 0.337 e. The smallest absolute Gasteiger partial charge is 0.272 e. The summed E-state index contributed by atoms with van der Waals surface area (Å²) in [6.45, 7) is 1.56. The Kier molecular flexibility index (Phi) is 4.45. The zero-order valence-electron chi connectivity index (χ0n) is 11.7. The van der Waals surface area contributed by atoms with Gasteiger partial charge in [0.05, 0.1) is 15.7 Å². The Morgan fingerprint density at radius 2 is 1.82 bits per heavy atom. The number of halogens is 2. The summed E-state index contributed by atoms with van der Waals surface area (Å²) in [5.74, 6) is 0.216. The maximum absolute atomic E-state index is 12.3. The molecule has 1 fully saturated rings. The van der Waals surface area contributed by atoms with E-state index >= 15 is 0 Å². The summed E-state index contributed by atoms with van der Waals surface area (Å²) in [6, 6.07) is 6.80. The monoisotopic (exact) mass is 336 g/mol. The summed E-state index contributed by atoms with van der Waals surface area (Å²) in [5, 5.41) is 3.90. The first-order valence-corrected chi connectivity index (χ1v) is 7.74. The van der Waals surface area contributed by atoms with Crippen molar-refractivity contribution in [1.29, 1.82) is 0 Å². The van der Waals surface area contributed by atoms with Crippen LogP contribution in [0.1, 0.15) is 23.3 Å². The molecule has 0 aliphatic carbocycles. The van der Waals surface area contributed by atoms with E-state index in [0.717, 1.165) is 25.9 Å². The number of likely N-dealkylation sites (tertiary alicyclic amines) is 1. The molecule has 0 atom stereocenters. The van der Waals surface area contributed by atoms with Crippen LogP contribution >= 0.6 is 23.2 Å². The van der Waals surface area contributed by atoms with E-state index < -0.39 is 0 Å². The number of hydrogen-bond acceptors (Lipinski definition) is 4. The fourth-order valence-corrected chi connectivity index (χ4v) is 2.84. The Morgan fingerprint density at radius 1 is 1.14 bits per heavy atom. The molecule has 1 amide bonds. The van der Waals surface area contributed by atoms with Crippen LogP contribution in [0, 0.1) is 0 Å². The van der Waals surface area contributed by atoms with Gasteiger partial charge in [0.2, 0.25) is 5.95 Å². The van der Waals surface area contributed by atoms with E-state index in [0.29, 0.717) is 27.4 Å². The molecule has 5 nitrogen and oxygen atoms in total. The molecule has 0 saturated carbocycles. The van der Waals surface area contributed by atoms with Gasteiger partial charge in [0.1, 0.15) is 5.69 Å². The zero-order chi connectivity index (χ0) is 15.5. The lowest BCUT2D eigenvalue weighted by Gasteiger charge is -2.15. The van der Waals surface area contributed by atoms with E-state index in [9.17, 15) is 4.79 Å². The molecule has 0 bridgehead atoms. The third-order valence-electron chi connectivity index (χ3n) is 3.47. The molecule has 3 rings (SSSR count). The Morgan fingerprint density at radius 3 is 2.50 bits per heavy atom. The maximum atomic E-state index is 12.3. The van der Waals surface area contributed by atoms with Gasteiger partial charge in [-0.1, -0.05) is 29.3 Å². The maximum Gasteiger partial charge on any atom is 0.272 e. The standard InChI is InChI=1S/C15H14Cl2N4O/c16-10-4-3-5-11(17)13(10)20-15-18-7-6-12(19-15)14(22)21-8-1-2-9-21/h3-7H,1-2,8-9H2,(H,18,19,20). The summed E-state index contributed by atoms with van der Waals surface area (Å²) < 4.78 is 0. The van der Waals surface area contributed by atoms with Gasteiger partial charge in [-0.05, 0) is 31.0 Å². The van der Waals surface area contributed by atoms with Gasteiger partial charge in [-0.15, -0.1) is 0 Å². The number of nitrogens with zero attached hydrogens (tertiary/aromatic N) is 3. The average Bonchev–Trinajstić information content (AvgIpc) is 3.05. The molecule has 1 aliphatic heterocycles. The van der Waals surface area contributed by atoms with Crippen LogP contribution in [-0.4, -0.2) is 33.9 Å². The molecule has 0 unspecified atom stereocenters. The molecule has 1 aliphatic rings. The first kappa shape index (κ1) is 15.1. The van der Waals surface area contributed by atoms with Gasteiger partial charge in [0.15, 0.2) is 0 Å². The van der Waals surface area contributed by atoms with Gasteiger partial charge in [0, 0.05) is 19.3 Å². The number of hydrogen-bond donors (Lipinski definition) is 1. The third kappa shape index (κ3) is 3.15. The molecule has 22 heavy (non-hydrogen) atoms. The van der Waals surface area contributed by atoms with E-state index in [-0.39, 0.29) is 5.91 Å². The van der Waals surface area contributed by atoms with Gasteiger partial charge < -0.3 is 10.2 Å². The molecule has 0 radical (unpaired) electrons. The van der Waals surface area contributed by atoms with Gasteiger partial charge in [0.25, 0.3) is 5.91 Å². The summed E-state index contributed by atoms with van der Waals surface area (Å²) in [5.41, 5.74) is 0.888. The zero-order valence-corrected chi connectivity index (χ0v) is 13.2. The second-order valence-electron chi connectivity index (χ2n) is 4.99. The van der Waals surface area contributed by atoms with Crippen LogP contribution in [0.5, 0.6) is 0 Å². The highest BCUT2D eigenvalue weighted by atomic mass is 35.5. The lowest BCUT2D eigenvalue weighted by atomic mass is 10.3. The Balaban J connectivity index is 1.83. The number of rotatable bonds is 3. The lowest BCUT2D eigenvalue weighted by Crippen LogP contribution is -2.28. The van der Waals surface area contributed by atoms with Crippen molar-refractivity contribution in [2.75, 3.05) is 18.4 Å². The Hall–Kier alpha value is -1.85. The number of carbonyl (C=O) groups is 1. The highest BCUT2D eigenvalue weighted by Crippen LogP contribution is 2.31. The Labute approximate surface area is 138 Å². The molecule has 1 aromatic heterocycles. The fourth-order valence-electron chi connectivity index (χ4n) is 2.35. The average molecular weight is 337 g/mol. The summed E-state index contributed by atoms with van der Waals surface area (Å²) in [6.07, 6.45) is 3.62. The van der Waals surface area contributed by atoms with E-state index in [1.165, 1.54) is 0 Å². The second kappa shape index (κ2) is 6.50. The van der Waals surface area contributed by atoms with Crippen molar-refractivity contribution in [2.45, 2.75) is 12.8 Å². The van der Waals surface area contributed by atoms with E-state index in [1.807, 2.05) is 0 Å². The predicted octanol–water partition coefficient (Wildman–Crippen LogP) is 3.76. The molecular weight excluding hydrogens is 323 g/mol. The molecule has 2 aromatic rings. The molecular formula is C15H14Cl2N4O. The van der Waals surface area contributed by atoms with Crippen molar-refractivity contribution < 1.29 is 4.79 Å². The van der Waals surface area contributed by atoms with Crippen LogP contribution in [-0.2, 0) is 0 Å². The number of para-hydroxylation sites is 1. The minimum atomic E-state index is -0.0757. The number of nitrogens with one attached hydrogen (secondary N) is 1. The van der Waals surface area contributed by atoms with Gasteiger partial charge >= 0.3 is 0 Å². The van der Waals surface area contributed by atoms with Crippen molar-refractivity contribution >= 4 is 40.7 Å². The van der Waals surface area contributed by atoms with Gasteiger partial charge in [-0.2, -0.15) is 0 Å². The first-order chi connectivity index (χ1) is 10.6. The number of benzene rings is 1. The number of aromatic nitrogens is 2. The summed E-state index contributed by atoms with van der Waals surface area (Å²) >= 11 is 12.2. The third-order valence-corrected chi connectivity index (χ3v) is 4.10. The highest BCUT2D eigenvalue weighted by Gasteiger charge is 2.21. The number of anilines is 2. The van der Waals surface area contributed by atoms with Crippen LogP contribution in [0.25, 0.3) is 0 Å². The van der Waals surface area contributed by atoms with E-state index in [4.69, 9.17) is 23.2 Å². The predicted molar refractivity (Wildman–Crippen MR) is 86.9 cm³/mol. The molecule has 2 heterocycles. The van der Waals surface area contributed by atoms with Crippen LogP contribution in [0.3, 0.4) is 0 Å². The van der Waals surface area contributed by atoms with Crippen LogP contribution in [0.2, 0.25) is 10.0 Å². The SMILES string of the molecule is O=C(c1ccnc(Nc2c(Cl)cccc2Cl)n1)N1CCCC1. The quantitative estimate of drug-likeness (QED) is 0.926. The molecule has 1 aromatic carbocycles. The van der Waals surface area contributed by atoms with Crippen molar-refractivity contribution in [3.63, 3.8) is 0 Å². The molecule has 7 heteroatoms. The second-order valence-corrected chi connectivity index (χ2v) is 5.80. The highest BCUT2D eigenvalue weighted by molar-refractivity contribution is 6.39. The van der Waals surface area contributed by atoms with Crippen molar-refractivity contribution in [2.24, 2.45) is 0 Å². The molecule has 0 spiro atoms.